The van der Waals surface area contributed by atoms with Crippen molar-refractivity contribution in [2.45, 2.75) is 25.8 Å². The Hall–Kier alpha value is -1.46. The first-order valence-corrected chi connectivity index (χ1v) is 7.36. The van der Waals surface area contributed by atoms with Crippen molar-refractivity contribution >= 4 is 21.9 Å². The molecule has 0 radical (unpaired) electrons. The lowest BCUT2D eigenvalue weighted by Gasteiger charge is -2.25. The molecule has 20 heavy (non-hydrogen) atoms. The molecule has 1 aromatic heterocycles. The summed E-state index contributed by atoms with van der Waals surface area (Å²) in [6.45, 7) is 4.81. The largest absolute Gasteiger partial charge is 0.349 e. The van der Waals surface area contributed by atoms with Gasteiger partial charge in [-0.2, -0.15) is 0 Å². The molecule has 1 heterocycles. The molecule has 0 saturated carbocycles. The summed E-state index contributed by atoms with van der Waals surface area (Å²) < 4.78 is 1.04. The zero-order valence-electron chi connectivity index (χ0n) is 11.7. The minimum Gasteiger partial charge on any atom is -0.349 e. The molecule has 0 aliphatic rings. The number of hydrogen-bond acceptors (Lipinski definition) is 4. The molecule has 0 amide bonds. The smallest absolute Gasteiger partial charge is 0.223 e. The van der Waals surface area contributed by atoms with Crippen LogP contribution in [0.25, 0.3) is 11.1 Å². The number of nitrogens with two attached hydrogens (primary N) is 1. The highest BCUT2D eigenvalue weighted by molar-refractivity contribution is 9.10. The summed E-state index contributed by atoms with van der Waals surface area (Å²) in [5, 5.41) is 3.30. The lowest BCUT2D eigenvalue weighted by molar-refractivity contribution is 0.522. The Balaban J connectivity index is 2.14. The maximum atomic E-state index is 5.60. The third kappa shape index (κ3) is 4.02. The molecule has 3 N–H and O–H groups in total. The van der Waals surface area contributed by atoms with Crippen molar-refractivity contribution in [1.82, 2.24) is 9.97 Å². The average Bonchev–Trinajstić information content (AvgIpc) is 2.39. The SMILES string of the molecule is CC(C)(CCN)Nc1ncc(-c2cccc(Br)c2)cn1. The quantitative estimate of drug-likeness (QED) is 0.878. The van der Waals surface area contributed by atoms with Crippen LogP contribution in [0.2, 0.25) is 0 Å². The zero-order chi connectivity index (χ0) is 14.6. The van der Waals surface area contributed by atoms with Crippen LogP contribution in [0.3, 0.4) is 0 Å². The van der Waals surface area contributed by atoms with E-state index in [9.17, 15) is 0 Å². The highest BCUT2D eigenvalue weighted by Gasteiger charge is 2.17. The van der Waals surface area contributed by atoms with E-state index < -0.39 is 0 Å². The van der Waals surface area contributed by atoms with Gasteiger partial charge in [-0.3, -0.25) is 0 Å². The van der Waals surface area contributed by atoms with E-state index in [2.05, 4.69) is 45.1 Å². The van der Waals surface area contributed by atoms with Gasteiger partial charge < -0.3 is 11.1 Å². The van der Waals surface area contributed by atoms with Gasteiger partial charge in [0.25, 0.3) is 0 Å². The van der Waals surface area contributed by atoms with E-state index in [1.54, 1.807) is 0 Å². The van der Waals surface area contributed by atoms with Crippen LogP contribution in [0, 0.1) is 0 Å². The molecular weight excluding hydrogens is 316 g/mol. The lowest BCUT2D eigenvalue weighted by atomic mass is 10.0. The van der Waals surface area contributed by atoms with Gasteiger partial charge >= 0.3 is 0 Å². The fraction of sp³-hybridized carbons (Fsp3) is 0.333. The molecule has 0 unspecified atom stereocenters. The molecule has 1 aromatic carbocycles. The van der Waals surface area contributed by atoms with Crippen molar-refractivity contribution in [2.24, 2.45) is 5.73 Å². The highest BCUT2D eigenvalue weighted by atomic mass is 79.9. The molecule has 0 aliphatic carbocycles. The molecule has 4 nitrogen and oxygen atoms in total. The Morgan fingerprint density at radius 3 is 2.50 bits per heavy atom. The molecule has 5 heteroatoms. The van der Waals surface area contributed by atoms with Gasteiger partial charge in [0.2, 0.25) is 5.95 Å². The Labute approximate surface area is 128 Å². The van der Waals surface area contributed by atoms with Gasteiger partial charge in [-0.05, 0) is 44.5 Å². The molecule has 0 saturated heterocycles. The minimum absolute atomic E-state index is 0.105. The first-order chi connectivity index (χ1) is 9.50. The molecule has 0 aliphatic heterocycles. The van der Waals surface area contributed by atoms with Crippen LogP contribution in [-0.4, -0.2) is 22.1 Å². The highest BCUT2D eigenvalue weighted by Crippen LogP contribution is 2.22. The van der Waals surface area contributed by atoms with Crippen LogP contribution < -0.4 is 11.1 Å². The van der Waals surface area contributed by atoms with E-state index in [-0.39, 0.29) is 5.54 Å². The van der Waals surface area contributed by atoms with Gasteiger partial charge in [-0.1, -0.05) is 28.1 Å². The van der Waals surface area contributed by atoms with Gasteiger partial charge in [-0.25, -0.2) is 9.97 Å². The lowest BCUT2D eigenvalue weighted by Crippen LogP contribution is -2.34. The van der Waals surface area contributed by atoms with Crippen molar-refractivity contribution in [3.05, 3.63) is 41.1 Å². The predicted molar refractivity (Wildman–Crippen MR) is 86.5 cm³/mol. The van der Waals surface area contributed by atoms with Crippen LogP contribution >= 0.6 is 15.9 Å². The monoisotopic (exact) mass is 334 g/mol. The Kier molecular flexibility index (Phi) is 4.73. The van der Waals surface area contributed by atoms with Crippen LogP contribution in [0.5, 0.6) is 0 Å². The van der Waals surface area contributed by atoms with E-state index in [4.69, 9.17) is 5.73 Å². The van der Waals surface area contributed by atoms with Crippen LogP contribution in [0.1, 0.15) is 20.3 Å². The number of anilines is 1. The molecule has 0 spiro atoms. The molecular formula is C15H19BrN4. The Morgan fingerprint density at radius 1 is 1.20 bits per heavy atom. The summed E-state index contributed by atoms with van der Waals surface area (Å²) in [7, 11) is 0. The Bertz CT molecular complexity index is 566. The van der Waals surface area contributed by atoms with Gasteiger partial charge in [0, 0.05) is 28.0 Å². The molecule has 2 rings (SSSR count). The second-order valence-electron chi connectivity index (χ2n) is 5.35. The molecule has 2 aromatic rings. The van der Waals surface area contributed by atoms with Gasteiger partial charge in [-0.15, -0.1) is 0 Å². The van der Waals surface area contributed by atoms with Crippen molar-refractivity contribution in [3.63, 3.8) is 0 Å². The summed E-state index contributed by atoms with van der Waals surface area (Å²) >= 11 is 3.47. The third-order valence-electron chi connectivity index (χ3n) is 3.03. The van der Waals surface area contributed by atoms with Gasteiger partial charge in [0.1, 0.15) is 0 Å². The average molecular weight is 335 g/mol. The standard InChI is InChI=1S/C15H19BrN4/c1-15(2,6-7-17)20-14-18-9-12(10-19-14)11-4-3-5-13(16)8-11/h3-5,8-10H,6-7,17H2,1-2H3,(H,18,19,20). The van der Waals surface area contributed by atoms with Gasteiger partial charge in [0.05, 0.1) is 0 Å². The molecule has 0 fully saturated rings. The topological polar surface area (TPSA) is 63.8 Å². The normalized spacial score (nSPS) is 11.4. The summed E-state index contributed by atoms with van der Waals surface area (Å²) in [6, 6.07) is 8.07. The maximum Gasteiger partial charge on any atom is 0.223 e. The first-order valence-electron chi connectivity index (χ1n) is 6.56. The number of rotatable bonds is 5. The van der Waals surface area contributed by atoms with Crippen LogP contribution in [0.15, 0.2) is 41.1 Å². The molecule has 0 atom stereocenters. The summed E-state index contributed by atoms with van der Waals surface area (Å²) in [5.41, 5.74) is 7.58. The first kappa shape index (κ1) is 14.9. The van der Waals surface area contributed by atoms with Crippen LogP contribution in [-0.2, 0) is 0 Å². The summed E-state index contributed by atoms with van der Waals surface area (Å²) in [4.78, 5) is 8.75. The van der Waals surface area contributed by atoms with E-state index >= 15 is 0 Å². The number of nitrogens with zero attached hydrogens (tertiary/aromatic N) is 2. The molecule has 106 valence electrons. The van der Waals surface area contributed by atoms with Crippen LogP contribution in [0.4, 0.5) is 5.95 Å². The van der Waals surface area contributed by atoms with Crippen molar-refractivity contribution in [2.75, 3.05) is 11.9 Å². The fourth-order valence-electron chi connectivity index (χ4n) is 1.94. The summed E-state index contributed by atoms with van der Waals surface area (Å²) in [5.74, 6) is 0.627. The number of halogens is 1. The van der Waals surface area contributed by atoms with Gasteiger partial charge in [0.15, 0.2) is 0 Å². The second-order valence-corrected chi connectivity index (χ2v) is 6.27. The van der Waals surface area contributed by atoms with Crippen molar-refractivity contribution in [3.8, 4) is 11.1 Å². The van der Waals surface area contributed by atoms with E-state index in [1.165, 1.54) is 0 Å². The number of benzene rings is 1. The van der Waals surface area contributed by atoms with E-state index in [1.807, 2.05) is 36.7 Å². The third-order valence-corrected chi connectivity index (χ3v) is 3.52. The van der Waals surface area contributed by atoms with E-state index in [0.29, 0.717) is 12.5 Å². The number of hydrogen-bond donors (Lipinski definition) is 2. The Morgan fingerprint density at radius 2 is 1.90 bits per heavy atom. The number of aromatic nitrogens is 2. The minimum atomic E-state index is -0.105. The summed E-state index contributed by atoms with van der Waals surface area (Å²) in [6.07, 6.45) is 4.52. The van der Waals surface area contributed by atoms with Crippen molar-refractivity contribution in [1.29, 1.82) is 0 Å². The van der Waals surface area contributed by atoms with Crippen molar-refractivity contribution < 1.29 is 0 Å². The predicted octanol–water partition coefficient (Wildman–Crippen LogP) is 3.45. The molecule has 0 bridgehead atoms. The second kappa shape index (κ2) is 6.33. The van der Waals surface area contributed by atoms with E-state index in [0.717, 1.165) is 22.0 Å². The maximum absolute atomic E-state index is 5.60. The zero-order valence-corrected chi connectivity index (χ0v) is 13.3. The fourth-order valence-corrected chi connectivity index (χ4v) is 2.33. The number of nitrogens with one attached hydrogen (secondary N) is 1.